The second-order valence-corrected chi connectivity index (χ2v) is 9.23. The van der Waals surface area contributed by atoms with Gasteiger partial charge in [0.05, 0.1) is 13.2 Å². The third kappa shape index (κ3) is 5.70. The van der Waals surface area contributed by atoms with E-state index in [0.717, 1.165) is 49.7 Å². The first kappa shape index (κ1) is 25.3. The summed E-state index contributed by atoms with van der Waals surface area (Å²) in [5.41, 5.74) is 4.33. The molecule has 2 aliphatic rings. The van der Waals surface area contributed by atoms with Crippen LogP contribution in [0.3, 0.4) is 0 Å². The van der Waals surface area contributed by atoms with Crippen molar-refractivity contribution in [2.24, 2.45) is 0 Å². The van der Waals surface area contributed by atoms with Crippen LogP contribution in [0, 0.1) is 0 Å². The fraction of sp³-hybridized carbons (Fsp3) is 0.571. The van der Waals surface area contributed by atoms with E-state index in [4.69, 9.17) is 18.9 Å². The molecule has 2 heterocycles. The monoisotopic (exact) mass is 470 g/mol. The summed E-state index contributed by atoms with van der Waals surface area (Å²) in [6.07, 6.45) is 2.25. The summed E-state index contributed by atoms with van der Waals surface area (Å²) >= 11 is 0. The molecule has 2 N–H and O–H groups in total. The standard InChI is InChI=1S/C28H38O6/c1-3-5-11-19-13-7-9-15-21(19)27-31-18-24-26(34-27)25(23(30)17-29)33-28(32-24)22-16-10-8-14-20(22)12-6-4-2/h7-10,13-16,23-30H,3-6,11-12,17-18H2,1-2H3/t23-,24+,25-,26-,27?,28?/m1/s1. The predicted octanol–water partition coefficient (Wildman–Crippen LogP) is 4.62. The fourth-order valence-electron chi connectivity index (χ4n) is 4.80. The molecule has 2 aromatic carbocycles. The Bertz CT molecular complexity index is 900. The molecule has 2 fully saturated rings. The lowest BCUT2D eigenvalue weighted by Gasteiger charge is -2.47. The maximum absolute atomic E-state index is 10.7. The van der Waals surface area contributed by atoms with Crippen LogP contribution in [0.15, 0.2) is 48.5 Å². The van der Waals surface area contributed by atoms with Crippen LogP contribution in [0.5, 0.6) is 0 Å². The minimum Gasteiger partial charge on any atom is -0.394 e. The number of benzene rings is 2. The van der Waals surface area contributed by atoms with Crippen molar-refractivity contribution in [3.63, 3.8) is 0 Å². The van der Waals surface area contributed by atoms with Gasteiger partial charge in [-0.05, 0) is 36.8 Å². The summed E-state index contributed by atoms with van der Waals surface area (Å²) in [5, 5.41) is 20.4. The molecule has 34 heavy (non-hydrogen) atoms. The van der Waals surface area contributed by atoms with Crippen LogP contribution in [0.4, 0.5) is 0 Å². The van der Waals surface area contributed by atoms with Crippen molar-refractivity contribution < 1.29 is 29.2 Å². The molecule has 2 unspecified atom stereocenters. The zero-order valence-electron chi connectivity index (χ0n) is 20.3. The van der Waals surface area contributed by atoms with E-state index in [1.807, 2.05) is 36.4 Å². The molecule has 0 spiro atoms. The number of fused-ring (bicyclic) bond motifs is 1. The summed E-state index contributed by atoms with van der Waals surface area (Å²) in [7, 11) is 0. The van der Waals surface area contributed by atoms with Crippen molar-refractivity contribution in [3.8, 4) is 0 Å². The van der Waals surface area contributed by atoms with E-state index in [9.17, 15) is 10.2 Å². The number of unbranched alkanes of at least 4 members (excludes halogenated alkanes) is 2. The Hall–Kier alpha value is -1.80. The largest absolute Gasteiger partial charge is 0.394 e. The van der Waals surface area contributed by atoms with Gasteiger partial charge in [-0.2, -0.15) is 0 Å². The van der Waals surface area contributed by atoms with E-state index in [0.29, 0.717) is 6.61 Å². The first-order chi connectivity index (χ1) is 16.7. The first-order valence-corrected chi connectivity index (χ1v) is 12.7. The molecular formula is C28H38O6. The van der Waals surface area contributed by atoms with E-state index in [2.05, 4.69) is 26.0 Å². The molecule has 186 valence electrons. The Kier molecular flexibility index (Phi) is 9.11. The lowest BCUT2D eigenvalue weighted by Crippen LogP contribution is -2.58. The van der Waals surface area contributed by atoms with E-state index >= 15 is 0 Å². The van der Waals surface area contributed by atoms with Crippen LogP contribution >= 0.6 is 0 Å². The van der Waals surface area contributed by atoms with Gasteiger partial charge in [0.15, 0.2) is 12.6 Å². The maximum Gasteiger partial charge on any atom is 0.185 e. The lowest BCUT2D eigenvalue weighted by atomic mass is 9.96. The minimum absolute atomic E-state index is 0.323. The second kappa shape index (κ2) is 12.2. The van der Waals surface area contributed by atoms with Gasteiger partial charge in [0.25, 0.3) is 0 Å². The van der Waals surface area contributed by atoms with Crippen molar-refractivity contribution in [1.82, 2.24) is 0 Å². The summed E-state index contributed by atoms with van der Waals surface area (Å²) in [6, 6.07) is 16.3. The quantitative estimate of drug-likeness (QED) is 0.528. The molecule has 2 aliphatic heterocycles. The first-order valence-electron chi connectivity index (χ1n) is 12.7. The molecular weight excluding hydrogens is 432 g/mol. The van der Waals surface area contributed by atoms with Gasteiger partial charge in [-0.15, -0.1) is 0 Å². The topological polar surface area (TPSA) is 77.4 Å². The highest BCUT2D eigenvalue weighted by molar-refractivity contribution is 5.30. The second-order valence-electron chi connectivity index (χ2n) is 9.23. The normalized spacial score (nSPS) is 27.8. The number of rotatable bonds is 10. The minimum atomic E-state index is -1.09. The van der Waals surface area contributed by atoms with E-state index in [1.165, 1.54) is 11.1 Å². The highest BCUT2D eigenvalue weighted by atomic mass is 16.8. The number of aryl methyl sites for hydroxylation is 2. The van der Waals surface area contributed by atoms with Crippen LogP contribution < -0.4 is 0 Å². The van der Waals surface area contributed by atoms with E-state index in [1.54, 1.807) is 0 Å². The molecule has 6 nitrogen and oxygen atoms in total. The SMILES string of the molecule is CCCCc1ccccc1C1OC[C@@H]2OC(c3ccccc3CCCC)O[C@H]([C@H](O)CO)[C@@H]2O1. The number of ether oxygens (including phenoxy) is 4. The van der Waals surface area contributed by atoms with Gasteiger partial charge >= 0.3 is 0 Å². The molecule has 0 aliphatic carbocycles. The van der Waals surface area contributed by atoms with Crippen molar-refractivity contribution >= 4 is 0 Å². The van der Waals surface area contributed by atoms with Crippen LogP contribution in [-0.4, -0.2) is 47.8 Å². The van der Waals surface area contributed by atoms with Crippen molar-refractivity contribution in [1.29, 1.82) is 0 Å². The molecule has 0 aromatic heterocycles. The van der Waals surface area contributed by atoms with Gasteiger partial charge in [-0.1, -0.05) is 75.2 Å². The fourth-order valence-corrected chi connectivity index (χ4v) is 4.80. The van der Waals surface area contributed by atoms with Crippen molar-refractivity contribution in [2.45, 2.75) is 89.4 Å². The van der Waals surface area contributed by atoms with E-state index in [-0.39, 0.29) is 0 Å². The molecule has 6 heteroatoms. The molecule has 2 saturated heterocycles. The summed E-state index contributed by atoms with van der Waals surface area (Å²) < 4.78 is 25.1. The predicted molar refractivity (Wildman–Crippen MR) is 129 cm³/mol. The molecule has 4 rings (SSSR count). The number of aliphatic hydroxyl groups excluding tert-OH is 2. The highest BCUT2D eigenvalue weighted by Gasteiger charge is 2.48. The van der Waals surface area contributed by atoms with Gasteiger partial charge in [0, 0.05) is 11.1 Å². The smallest absolute Gasteiger partial charge is 0.185 e. The Labute approximate surface area is 202 Å². The Morgan fingerprint density at radius 3 is 2.00 bits per heavy atom. The number of hydrogen-bond acceptors (Lipinski definition) is 6. The molecule has 2 aromatic rings. The van der Waals surface area contributed by atoms with E-state index < -0.39 is 43.6 Å². The average molecular weight is 471 g/mol. The molecule has 0 bridgehead atoms. The van der Waals surface area contributed by atoms with Crippen LogP contribution in [0.25, 0.3) is 0 Å². The van der Waals surface area contributed by atoms with Gasteiger partial charge in [0.2, 0.25) is 0 Å². The van der Waals surface area contributed by atoms with Gasteiger partial charge in [-0.25, -0.2) is 0 Å². The molecule has 0 saturated carbocycles. The van der Waals surface area contributed by atoms with Crippen molar-refractivity contribution in [2.75, 3.05) is 13.2 Å². The molecule has 0 radical (unpaired) electrons. The third-order valence-electron chi connectivity index (χ3n) is 6.75. The summed E-state index contributed by atoms with van der Waals surface area (Å²) in [5.74, 6) is 0. The Morgan fingerprint density at radius 1 is 0.824 bits per heavy atom. The zero-order valence-corrected chi connectivity index (χ0v) is 20.3. The van der Waals surface area contributed by atoms with Crippen LogP contribution in [0.1, 0.15) is 74.4 Å². The summed E-state index contributed by atoms with van der Waals surface area (Å²) in [4.78, 5) is 0. The van der Waals surface area contributed by atoms with Gasteiger partial charge in [0.1, 0.15) is 24.4 Å². The number of hydrogen-bond donors (Lipinski definition) is 2. The highest BCUT2D eigenvalue weighted by Crippen LogP contribution is 2.40. The van der Waals surface area contributed by atoms with Gasteiger partial charge in [-0.3, -0.25) is 0 Å². The van der Waals surface area contributed by atoms with Crippen LogP contribution in [-0.2, 0) is 31.8 Å². The summed E-state index contributed by atoms with van der Waals surface area (Å²) in [6.45, 7) is 4.25. The van der Waals surface area contributed by atoms with Crippen molar-refractivity contribution in [3.05, 3.63) is 70.8 Å². The Morgan fingerprint density at radius 2 is 1.41 bits per heavy atom. The third-order valence-corrected chi connectivity index (χ3v) is 6.75. The van der Waals surface area contributed by atoms with Gasteiger partial charge < -0.3 is 29.2 Å². The zero-order chi connectivity index (χ0) is 23.9. The Balaban J connectivity index is 1.56. The average Bonchev–Trinajstić information content (AvgIpc) is 2.89. The maximum atomic E-state index is 10.7. The number of aliphatic hydroxyl groups is 2. The molecule has 0 amide bonds. The lowest BCUT2D eigenvalue weighted by molar-refractivity contribution is -0.373. The molecule has 6 atom stereocenters. The van der Waals surface area contributed by atoms with Crippen LogP contribution in [0.2, 0.25) is 0 Å².